The van der Waals surface area contributed by atoms with E-state index in [1.807, 2.05) is 0 Å². The molecule has 1 atom stereocenters. The second-order valence-corrected chi connectivity index (χ2v) is 6.29. The number of phenols is 1. The highest BCUT2D eigenvalue weighted by molar-refractivity contribution is 9.10. The van der Waals surface area contributed by atoms with Crippen molar-refractivity contribution in [1.29, 1.82) is 0 Å². The molecule has 1 aromatic rings. The fraction of sp³-hybridized carbons (Fsp3) is 0.412. The SMILES string of the molecule is CCOC(=O)C1=C(C)N(C)C(=O)N[C@@H]1c1cc(OCC)c(O)cc1Br. The fourth-order valence-electron chi connectivity index (χ4n) is 2.59. The van der Waals surface area contributed by atoms with Crippen molar-refractivity contribution in [3.63, 3.8) is 0 Å². The van der Waals surface area contributed by atoms with Crippen molar-refractivity contribution in [3.05, 3.63) is 33.4 Å². The average Bonchev–Trinajstić information content (AvgIpc) is 2.55. The van der Waals surface area contributed by atoms with Crippen LogP contribution in [0.1, 0.15) is 32.4 Å². The largest absolute Gasteiger partial charge is 0.504 e. The standard InChI is InChI=1S/C17H21BrN2O5/c1-5-24-13-7-10(11(18)8-12(13)21)15-14(16(22)25-6-2)9(3)20(4)17(23)19-15/h7-8,15,21H,5-6H2,1-4H3,(H,19,23)/t15-/m1/s1. The summed E-state index contributed by atoms with van der Waals surface area (Å²) in [6.07, 6.45) is 0. The first-order valence-corrected chi connectivity index (χ1v) is 8.68. The van der Waals surface area contributed by atoms with E-state index in [2.05, 4.69) is 21.2 Å². The van der Waals surface area contributed by atoms with Gasteiger partial charge in [-0.3, -0.25) is 0 Å². The van der Waals surface area contributed by atoms with Crippen molar-refractivity contribution < 1.29 is 24.2 Å². The molecule has 0 aliphatic carbocycles. The van der Waals surface area contributed by atoms with E-state index in [4.69, 9.17) is 9.47 Å². The van der Waals surface area contributed by atoms with Gasteiger partial charge in [0.2, 0.25) is 0 Å². The third kappa shape index (κ3) is 3.73. The second kappa shape index (κ2) is 7.77. The van der Waals surface area contributed by atoms with Crippen LogP contribution in [0, 0.1) is 0 Å². The van der Waals surface area contributed by atoms with Gasteiger partial charge in [0.1, 0.15) is 0 Å². The maximum Gasteiger partial charge on any atom is 0.338 e. The third-order valence-electron chi connectivity index (χ3n) is 3.94. The molecule has 2 rings (SSSR count). The monoisotopic (exact) mass is 412 g/mol. The summed E-state index contributed by atoms with van der Waals surface area (Å²) in [5.74, 6) is -0.264. The van der Waals surface area contributed by atoms with Gasteiger partial charge in [-0.2, -0.15) is 0 Å². The lowest BCUT2D eigenvalue weighted by Gasteiger charge is -2.33. The molecule has 0 saturated carbocycles. The molecule has 2 amide bonds. The van der Waals surface area contributed by atoms with E-state index in [1.54, 1.807) is 33.9 Å². The highest BCUT2D eigenvalue weighted by Gasteiger charge is 2.36. The molecule has 0 bridgehead atoms. The van der Waals surface area contributed by atoms with Gasteiger partial charge in [-0.1, -0.05) is 15.9 Å². The zero-order valence-corrected chi connectivity index (χ0v) is 16.1. The number of amides is 2. The summed E-state index contributed by atoms with van der Waals surface area (Å²) in [4.78, 5) is 26.1. The molecule has 1 aliphatic heterocycles. The van der Waals surface area contributed by atoms with E-state index < -0.39 is 12.0 Å². The minimum Gasteiger partial charge on any atom is -0.504 e. The van der Waals surface area contributed by atoms with Crippen LogP contribution in [0.2, 0.25) is 0 Å². The highest BCUT2D eigenvalue weighted by atomic mass is 79.9. The maximum absolute atomic E-state index is 12.5. The normalized spacial score (nSPS) is 17.4. The molecule has 0 unspecified atom stereocenters. The summed E-state index contributed by atoms with van der Waals surface area (Å²) < 4.78 is 11.1. The number of urea groups is 1. The van der Waals surface area contributed by atoms with Gasteiger partial charge in [-0.25, -0.2) is 9.59 Å². The summed E-state index contributed by atoms with van der Waals surface area (Å²) in [7, 11) is 1.58. The lowest BCUT2D eigenvalue weighted by atomic mass is 9.94. The van der Waals surface area contributed by atoms with Crippen molar-refractivity contribution in [2.24, 2.45) is 0 Å². The van der Waals surface area contributed by atoms with Crippen LogP contribution in [0.25, 0.3) is 0 Å². The van der Waals surface area contributed by atoms with E-state index in [1.165, 1.54) is 11.0 Å². The van der Waals surface area contributed by atoms with Crippen molar-refractivity contribution in [2.75, 3.05) is 20.3 Å². The molecule has 0 saturated heterocycles. The molecule has 0 fully saturated rings. The molecule has 0 spiro atoms. The summed E-state index contributed by atoms with van der Waals surface area (Å²) in [5.41, 5.74) is 1.42. The van der Waals surface area contributed by atoms with E-state index >= 15 is 0 Å². The molecular weight excluding hydrogens is 392 g/mol. The number of halogens is 1. The predicted octanol–water partition coefficient (Wildman–Crippen LogP) is 3.09. The first kappa shape index (κ1) is 19.1. The minimum absolute atomic E-state index is 0.0323. The molecule has 7 nitrogen and oxygen atoms in total. The quantitative estimate of drug-likeness (QED) is 0.725. The number of hydrogen-bond donors (Lipinski definition) is 2. The zero-order chi connectivity index (χ0) is 18.7. The summed E-state index contributed by atoms with van der Waals surface area (Å²) in [6, 6.07) is 2.01. The Bertz CT molecular complexity index is 732. The summed E-state index contributed by atoms with van der Waals surface area (Å²) in [6.45, 7) is 5.80. The zero-order valence-electron chi connectivity index (χ0n) is 14.6. The van der Waals surface area contributed by atoms with E-state index in [0.717, 1.165) is 0 Å². The van der Waals surface area contributed by atoms with Gasteiger partial charge in [0.25, 0.3) is 0 Å². The van der Waals surface area contributed by atoms with Gasteiger partial charge in [-0.05, 0) is 38.5 Å². The van der Waals surface area contributed by atoms with E-state index in [-0.39, 0.29) is 24.1 Å². The lowest BCUT2D eigenvalue weighted by molar-refractivity contribution is -0.139. The van der Waals surface area contributed by atoms with Crippen LogP contribution in [0.15, 0.2) is 27.9 Å². The van der Waals surface area contributed by atoms with Crippen LogP contribution in [-0.4, -0.2) is 42.3 Å². The number of nitrogens with one attached hydrogen (secondary N) is 1. The number of rotatable bonds is 5. The van der Waals surface area contributed by atoms with Crippen LogP contribution < -0.4 is 10.1 Å². The lowest BCUT2D eigenvalue weighted by Crippen LogP contribution is -2.46. The molecule has 1 aromatic carbocycles. The van der Waals surface area contributed by atoms with E-state index in [0.29, 0.717) is 27.9 Å². The molecule has 136 valence electrons. The first-order valence-electron chi connectivity index (χ1n) is 7.89. The Hall–Kier alpha value is -2.22. The highest BCUT2D eigenvalue weighted by Crippen LogP contribution is 2.40. The predicted molar refractivity (Wildman–Crippen MR) is 95.3 cm³/mol. The Morgan fingerprint density at radius 2 is 2.04 bits per heavy atom. The number of nitrogens with zero attached hydrogens (tertiary/aromatic N) is 1. The Labute approximate surface area is 154 Å². The molecule has 1 heterocycles. The second-order valence-electron chi connectivity index (χ2n) is 5.44. The van der Waals surface area contributed by atoms with Crippen LogP contribution in [-0.2, 0) is 9.53 Å². The fourth-order valence-corrected chi connectivity index (χ4v) is 3.15. The summed E-state index contributed by atoms with van der Waals surface area (Å²) >= 11 is 3.38. The van der Waals surface area contributed by atoms with Crippen molar-refractivity contribution >= 4 is 27.9 Å². The van der Waals surface area contributed by atoms with Crippen LogP contribution in [0.5, 0.6) is 11.5 Å². The van der Waals surface area contributed by atoms with Crippen LogP contribution in [0.4, 0.5) is 4.79 Å². The maximum atomic E-state index is 12.5. The van der Waals surface area contributed by atoms with Gasteiger partial charge >= 0.3 is 12.0 Å². The number of carbonyl (C=O) groups is 2. The molecule has 1 aliphatic rings. The average molecular weight is 413 g/mol. The van der Waals surface area contributed by atoms with Crippen LogP contribution >= 0.6 is 15.9 Å². The van der Waals surface area contributed by atoms with Gasteiger partial charge in [-0.15, -0.1) is 0 Å². The number of aromatic hydroxyl groups is 1. The summed E-state index contributed by atoms with van der Waals surface area (Å²) in [5, 5.41) is 12.8. The minimum atomic E-state index is -0.725. The number of esters is 1. The number of ether oxygens (including phenoxy) is 2. The number of benzene rings is 1. The van der Waals surface area contributed by atoms with Crippen molar-refractivity contribution in [1.82, 2.24) is 10.2 Å². The van der Waals surface area contributed by atoms with Crippen LogP contribution in [0.3, 0.4) is 0 Å². The number of phenolic OH excluding ortho intramolecular Hbond substituents is 1. The molecule has 0 radical (unpaired) electrons. The van der Waals surface area contributed by atoms with Crippen molar-refractivity contribution in [2.45, 2.75) is 26.8 Å². The van der Waals surface area contributed by atoms with Gasteiger partial charge in [0, 0.05) is 17.2 Å². The Morgan fingerprint density at radius 3 is 2.64 bits per heavy atom. The number of allylic oxidation sites excluding steroid dienone is 1. The molecule has 0 aromatic heterocycles. The topological polar surface area (TPSA) is 88.1 Å². The van der Waals surface area contributed by atoms with E-state index in [9.17, 15) is 14.7 Å². The molecule has 8 heteroatoms. The number of hydrogen-bond acceptors (Lipinski definition) is 5. The smallest absolute Gasteiger partial charge is 0.338 e. The van der Waals surface area contributed by atoms with Gasteiger partial charge < -0.3 is 24.8 Å². The van der Waals surface area contributed by atoms with Gasteiger partial charge in [0.15, 0.2) is 11.5 Å². The molecule has 2 N–H and O–H groups in total. The van der Waals surface area contributed by atoms with Gasteiger partial charge in [0.05, 0.1) is 24.8 Å². The van der Waals surface area contributed by atoms with Crippen molar-refractivity contribution in [3.8, 4) is 11.5 Å². The molecular formula is C17H21BrN2O5. The molecule has 25 heavy (non-hydrogen) atoms. The number of carbonyl (C=O) groups excluding carboxylic acids is 2. The third-order valence-corrected chi connectivity index (χ3v) is 4.63. The Morgan fingerprint density at radius 1 is 1.36 bits per heavy atom. The Kier molecular flexibility index (Phi) is 5.94. The first-order chi connectivity index (χ1) is 11.8. The Balaban J connectivity index is 2.60.